The molecule has 2 heterocycles. The fourth-order valence-corrected chi connectivity index (χ4v) is 4.23. The van der Waals surface area contributed by atoms with Crippen LogP contribution in [0.1, 0.15) is 54.1 Å². The van der Waals surface area contributed by atoms with Crippen LogP contribution in [0.2, 0.25) is 0 Å². The summed E-state index contributed by atoms with van der Waals surface area (Å²) in [6, 6.07) is 21.9. The molecule has 0 spiro atoms. The molecule has 9 nitrogen and oxygen atoms in total. The lowest BCUT2D eigenvalue weighted by atomic mass is 10.1. The molecular formula is C31H32N4O5. The van der Waals surface area contributed by atoms with Crippen molar-refractivity contribution < 1.29 is 24.2 Å². The number of hydrogen-bond acceptors (Lipinski definition) is 7. The van der Waals surface area contributed by atoms with E-state index >= 15 is 0 Å². The standard InChI is InChI=1S/C31H32N4O5/c1-6-39-30(37)25-18-27(23-14-10-8-11-15-23)34(22(25)5)32-20(3)21(4)33-35-28(36)19-26(31(38)40-7-2)29(35)24-16-12-9-13-17-24/h8-19,36H,6-7H2,1-5H3/b32-20+,33-21+. The average Bonchev–Trinajstić information content (AvgIpc) is 3.46. The molecule has 0 aliphatic rings. The van der Waals surface area contributed by atoms with Gasteiger partial charge in [0.2, 0.25) is 5.88 Å². The average molecular weight is 541 g/mol. The first-order valence-electron chi connectivity index (χ1n) is 13.0. The van der Waals surface area contributed by atoms with Crippen molar-refractivity contribution in [3.8, 4) is 28.4 Å². The van der Waals surface area contributed by atoms with E-state index in [9.17, 15) is 14.7 Å². The maximum atomic E-state index is 12.7. The second-order valence-corrected chi connectivity index (χ2v) is 8.96. The molecule has 0 saturated heterocycles. The summed E-state index contributed by atoms with van der Waals surface area (Å²) in [5, 5.41) is 20.3. The monoisotopic (exact) mass is 540 g/mol. The molecule has 0 unspecified atom stereocenters. The lowest BCUT2D eigenvalue weighted by Crippen LogP contribution is -2.13. The summed E-state index contributed by atoms with van der Waals surface area (Å²) in [5.41, 5.74) is 4.90. The third-order valence-corrected chi connectivity index (χ3v) is 6.31. The first-order chi connectivity index (χ1) is 19.3. The largest absolute Gasteiger partial charge is 0.493 e. The zero-order chi connectivity index (χ0) is 28.8. The molecular weight excluding hydrogens is 508 g/mol. The second kappa shape index (κ2) is 12.3. The maximum absolute atomic E-state index is 12.7. The normalized spacial score (nSPS) is 11.9. The summed E-state index contributed by atoms with van der Waals surface area (Å²) in [6.45, 7) is 9.28. The van der Waals surface area contributed by atoms with Gasteiger partial charge in [0.05, 0.1) is 52.8 Å². The van der Waals surface area contributed by atoms with E-state index < -0.39 is 11.9 Å². The van der Waals surface area contributed by atoms with Crippen molar-refractivity contribution in [2.24, 2.45) is 10.2 Å². The van der Waals surface area contributed by atoms with Crippen LogP contribution in [0.5, 0.6) is 5.88 Å². The predicted octanol–water partition coefficient (Wildman–Crippen LogP) is 6.14. The zero-order valence-electron chi connectivity index (χ0n) is 23.2. The highest BCUT2D eigenvalue weighted by atomic mass is 16.5. The number of carbonyl (C=O) groups excluding carboxylic acids is 2. The number of aromatic nitrogens is 2. The molecule has 4 rings (SSSR count). The van der Waals surface area contributed by atoms with Gasteiger partial charge in [-0.05, 0) is 40.7 Å². The molecule has 0 saturated carbocycles. The summed E-state index contributed by atoms with van der Waals surface area (Å²) in [6.07, 6.45) is 0. The number of rotatable bonds is 9. The van der Waals surface area contributed by atoms with Crippen LogP contribution in [0.3, 0.4) is 0 Å². The molecule has 2 aromatic heterocycles. The van der Waals surface area contributed by atoms with Crippen LogP contribution in [0.15, 0.2) is 83.0 Å². The van der Waals surface area contributed by atoms with Gasteiger partial charge in [-0.25, -0.2) is 14.3 Å². The first-order valence-corrected chi connectivity index (χ1v) is 13.0. The highest BCUT2D eigenvalue weighted by molar-refractivity contribution is 6.40. The quantitative estimate of drug-likeness (QED) is 0.203. The summed E-state index contributed by atoms with van der Waals surface area (Å²) >= 11 is 0. The molecule has 0 aliphatic carbocycles. The predicted molar refractivity (Wildman–Crippen MR) is 155 cm³/mol. The number of hydrogen-bond donors (Lipinski definition) is 1. The third kappa shape index (κ3) is 5.73. The van der Waals surface area contributed by atoms with Crippen LogP contribution in [0.4, 0.5) is 0 Å². The Bertz CT molecular complexity index is 1560. The Morgan fingerprint density at radius 3 is 1.80 bits per heavy atom. The summed E-state index contributed by atoms with van der Waals surface area (Å²) in [7, 11) is 0. The van der Waals surface area contributed by atoms with E-state index in [1.165, 1.54) is 10.7 Å². The first kappa shape index (κ1) is 28.1. The van der Waals surface area contributed by atoms with Crippen molar-refractivity contribution in [1.82, 2.24) is 9.35 Å². The summed E-state index contributed by atoms with van der Waals surface area (Å²) < 4.78 is 13.5. The van der Waals surface area contributed by atoms with Crippen molar-refractivity contribution >= 4 is 23.4 Å². The number of nitrogens with zero attached hydrogens (tertiary/aromatic N) is 4. The maximum Gasteiger partial charge on any atom is 0.340 e. The highest BCUT2D eigenvalue weighted by Gasteiger charge is 2.24. The minimum Gasteiger partial charge on any atom is -0.493 e. The van der Waals surface area contributed by atoms with Gasteiger partial charge in [-0.2, -0.15) is 14.9 Å². The Morgan fingerprint density at radius 1 is 0.750 bits per heavy atom. The SMILES string of the molecule is CCOC(=O)c1cc(-c2ccccc2)n(/N=C(C)/C(C)=N/n2c(O)cc(C(=O)OCC)c2-c2ccccc2)c1C. The molecule has 0 amide bonds. The van der Waals surface area contributed by atoms with Crippen molar-refractivity contribution in [3.63, 3.8) is 0 Å². The summed E-state index contributed by atoms with van der Waals surface area (Å²) in [4.78, 5) is 25.4. The molecule has 0 aliphatic heterocycles. The number of carbonyl (C=O) groups is 2. The lowest BCUT2D eigenvalue weighted by Gasteiger charge is -2.11. The molecule has 0 radical (unpaired) electrons. The van der Waals surface area contributed by atoms with Crippen molar-refractivity contribution in [3.05, 3.63) is 89.6 Å². The topological polar surface area (TPSA) is 107 Å². The van der Waals surface area contributed by atoms with E-state index in [1.807, 2.05) is 60.7 Å². The van der Waals surface area contributed by atoms with E-state index in [4.69, 9.17) is 14.6 Å². The Morgan fingerprint density at radius 2 is 1.25 bits per heavy atom. The van der Waals surface area contributed by atoms with Gasteiger partial charge in [0, 0.05) is 17.2 Å². The molecule has 0 fully saturated rings. The highest BCUT2D eigenvalue weighted by Crippen LogP contribution is 2.32. The van der Waals surface area contributed by atoms with Crippen LogP contribution in [-0.2, 0) is 9.47 Å². The van der Waals surface area contributed by atoms with E-state index in [1.54, 1.807) is 45.4 Å². The van der Waals surface area contributed by atoms with Crippen molar-refractivity contribution in [2.75, 3.05) is 13.2 Å². The van der Waals surface area contributed by atoms with E-state index in [2.05, 4.69) is 5.10 Å². The van der Waals surface area contributed by atoms with Crippen LogP contribution in [0.25, 0.3) is 22.5 Å². The van der Waals surface area contributed by atoms with Gasteiger partial charge >= 0.3 is 11.9 Å². The fraction of sp³-hybridized carbons (Fsp3) is 0.226. The third-order valence-electron chi connectivity index (χ3n) is 6.31. The molecule has 9 heteroatoms. The number of esters is 2. The number of benzene rings is 2. The van der Waals surface area contributed by atoms with Gasteiger partial charge in [0.1, 0.15) is 0 Å². The minimum absolute atomic E-state index is 0.195. The molecule has 4 aromatic rings. The van der Waals surface area contributed by atoms with E-state index in [0.29, 0.717) is 39.6 Å². The number of ether oxygens (including phenoxy) is 2. The molecule has 1 N–H and O–H groups in total. The molecule has 206 valence electrons. The second-order valence-electron chi connectivity index (χ2n) is 8.96. The molecule has 0 bridgehead atoms. The Balaban J connectivity index is 1.84. The Hall–Kier alpha value is -4.92. The fourth-order valence-electron chi connectivity index (χ4n) is 4.23. The minimum atomic E-state index is -0.560. The van der Waals surface area contributed by atoms with Gasteiger partial charge in [-0.1, -0.05) is 60.7 Å². The van der Waals surface area contributed by atoms with E-state index in [-0.39, 0.29) is 24.7 Å². The van der Waals surface area contributed by atoms with Crippen LogP contribution >= 0.6 is 0 Å². The number of aromatic hydroxyl groups is 1. The van der Waals surface area contributed by atoms with Crippen molar-refractivity contribution in [1.29, 1.82) is 0 Å². The summed E-state index contributed by atoms with van der Waals surface area (Å²) in [5.74, 6) is -1.21. The lowest BCUT2D eigenvalue weighted by molar-refractivity contribution is 0.0516. The molecule has 2 aromatic carbocycles. The Labute approximate surface area is 233 Å². The van der Waals surface area contributed by atoms with Crippen molar-refractivity contribution in [2.45, 2.75) is 34.6 Å². The van der Waals surface area contributed by atoms with Gasteiger partial charge in [0.15, 0.2) is 0 Å². The van der Waals surface area contributed by atoms with Gasteiger partial charge in [-0.3, -0.25) is 0 Å². The molecule has 0 atom stereocenters. The Kier molecular flexibility index (Phi) is 8.63. The van der Waals surface area contributed by atoms with Gasteiger partial charge in [-0.15, -0.1) is 0 Å². The zero-order valence-corrected chi connectivity index (χ0v) is 23.2. The smallest absolute Gasteiger partial charge is 0.340 e. The van der Waals surface area contributed by atoms with E-state index in [0.717, 1.165) is 5.56 Å². The van der Waals surface area contributed by atoms with Crippen LogP contribution < -0.4 is 0 Å². The van der Waals surface area contributed by atoms with Crippen LogP contribution in [0, 0.1) is 6.92 Å². The van der Waals surface area contributed by atoms with Crippen LogP contribution in [-0.4, -0.2) is 51.0 Å². The molecule has 40 heavy (non-hydrogen) atoms. The van der Waals surface area contributed by atoms with Gasteiger partial charge in [0.25, 0.3) is 0 Å². The van der Waals surface area contributed by atoms with Gasteiger partial charge < -0.3 is 14.6 Å².